The molecule has 0 bridgehead atoms. The average molecular weight is 403 g/mol. The minimum Gasteiger partial charge on any atom is -0.507 e. The van der Waals surface area contributed by atoms with Crippen molar-refractivity contribution in [3.63, 3.8) is 0 Å². The van der Waals surface area contributed by atoms with E-state index in [-0.39, 0.29) is 17.2 Å². The van der Waals surface area contributed by atoms with E-state index in [1.807, 2.05) is 6.92 Å². The number of halogens is 1. The van der Waals surface area contributed by atoms with Gasteiger partial charge in [0, 0.05) is 17.1 Å². The lowest BCUT2D eigenvalue weighted by Crippen LogP contribution is -2.28. The maximum atomic E-state index is 12.7. The highest BCUT2D eigenvalue weighted by atomic mass is 35.5. The number of aliphatic imine (C=N–C) groups is 1. The predicted octanol–water partition coefficient (Wildman–Crippen LogP) is 4.37. The molecule has 1 heterocycles. The highest BCUT2D eigenvalue weighted by Crippen LogP contribution is 2.35. The maximum Gasteiger partial charge on any atom is 0.335 e. The van der Waals surface area contributed by atoms with Gasteiger partial charge in [0.2, 0.25) is 0 Å². The summed E-state index contributed by atoms with van der Waals surface area (Å²) in [4.78, 5) is 30.1. The fourth-order valence-corrected chi connectivity index (χ4v) is 3.71. The molecule has 138 valence electrons. The zero-order valence-corrected chi connectivity index (χ0v) is 15.8. The van der Waals surface area contributed by atoms with Crippen LogP contribution in [0.15, 0.2) is 52.4 Å². The van der Waals surface area contributed by atoms with E-state index in [1.54, 1.807) is 30.3 Å². The monoisotopic (exact) mass is 402 g/mol. The van der Waals surface area contributed by atoms with Gasteiger partial charge in [-0.1, -0.05) is 17.7 Å². The first-order valence-electron chi connectivity index (χ1n) is 8.01. The first kappa shape index (κ1) is 19.0. The van der Waals surface area contributed by atoms with E-state index in [4.69, 9.17) is 16.7 Å². The van der Waals surface area contributed by atoms with E-state index in [2.05, 4.69) is 4.99 Å². The molecule has 0 saturated carbocycles. The molecule has 0 aromatic heterocycles. The number of likely N-dealkylation sites (N-methyl/N-ethyl adjacent to an activating group) is 1. The van der Waals surface area contributed by atoms with Crippen LogP contribution < -0.4 is 0 Å². The van der Waals surface area contributed by atoms with Crippen molar-refractivity contribution in [2.24, 2.45) is 4.99 Å². The SMILES string of the molecule is CCN1C(=O)C(=Cc2cc(Cl)ccc2O)SC1=Nc1cccc(C(=O)O)c1. The molecule has 1 saturated heterocycles. The van der Waals surface area contributed by atoms with Gasteiger partial charge in [-0.3, -0.25) is 9.69 Å². The first-order chi connectivity index (χ1) is 12.9. The van der Waals surface area contributed by atoms with Crippen molar-refractivity contribution < 1.29 is 19.8 Å². The molecule has 8 heteroatoms. The topological polar surface area (TPSA) is 90.2 Å². The number of aromatic hydroxyl groups is 1. The molecule has 1 amide bonds. The Hall–Kier alpha value is -2.77. The molecule has 0 radical (unpaired) electrons. The average Bonchev–Trinajstić information content (AvgIpc) is 2.93. The summed E-state index contributed by atoms with van der Waals surface area (Å²) in [5, 5.41) is 20.0. The van der Waals surface area contributed by atoms with Crippen molar-refractivity contribution in [2.75, 3.05) is 6.54 Å². The van der Waals surface area contributed by atoms with Gasteiger partial charge in [-0.15, -0.1) is 0 Å². The summed E-state index contributed by atoms with van der Waals surface area (Å²) in [5.41, 5.74) is 0.993. The van der Waals surface area contributed by atoms with Crippen LogP contribution in [0.4, 0.5) is 5.69 Å². The molecule has 27 heavy (non-hydrogen) atoms. The van der Waals surface area contributed by atoms with Crippen LogP contribution in [-0.4, -0.2) is 38.7 Å². The van der Waals surface area contributed by atoms with Crippen molar-refractivity contribution in [1.29, 1.82) is 0 Å². The zero-order valence-electron chi connectivity index (χ0n) is 14.2. The van der Waals surface area contributed by atoms with Gasteiger partial charge in [0.15, 0.2) is 5.17 Å². The smallest absolute Gasteiger partial charge is 0.335 e. The molecule has 0 spiro atoms. The van der Waals surface area contributed by atoms with Crippen molar-refractivity contribution in [3.05, 3.63) is 63.5 Å². The Bertz CT molecular complexity index is 987. The standard InChI is InChI=1S/C19H15ClN2O4S/c1-2-22-17(24)16(10-12-8-13(20)6-7-15(12)23)27-19(22)21-14-5-3-4-11(9-14)18(25)26/h3-10,23H,2H2,1H3,(H,25,26). The Labute approximate surface area is 164 Å². The normalized spacial score (nSPS) is 17.1. The number of hydrogen-bond acceptors (Lipinski definition) is 5. The summed E-state index contributed by atoms with van der Waals surface area (Å²) in [5.74, 6) is -1.27. The maximum absolute atomic E-state index is 12.7. The van der Waals surface area contributed by atoms with Crippen molar-refractivity contribution >= 4 is 52.2 Å². The molecule has 1 fully saturated rings. The number of carboxylic acids is 1. The van der Waals surface area contributed by atoms with Crippen LogP contribution in [0.2, 0.25) is 5.02 Å². The number of phenols is 1. The van der Waals surface area contributed by atoms with E-state index in [9.17, 15) is 14.7 Å². The summed E-state index contributed by atoms with van der Waals surface area (Å²) >= 11 is 7.11. The van der Waals surface area contributed by atoms with Crippen LogP contribution in [-0.2, 0) is 4.79 Å². The zero-order chi connectivity index (χ0) is 19.6. The quantitative estimate of drug-likeness (QED) is 0.741. The number of nitrogens with zero attached hydrogens (tertiary/aromatic N) is 2. The summed E-state index contributed by atoms with van der Waals surface area (Å²) in [6.45, 7) is 2.23. The minimum atomic E-state index is -1.04. The highest BCUT2D eigenvalue weighted by Gasteiger charge is 2.32. The van der Waals surface area contributed by atoms with E-state index < -0.39 is 5.97 Å². The van der Waals surface area contributed by atoms with Gasteiger partial charge in [0.25, 0.3) is 5.91 Å². The third-order valence-electron chi connectivity index (χ3n) is 3.80. The number of carbonyl (C=O) groups is 2. The largest absolute Gasteiger partial charge is 0.507 e. The molecule has 2 aromatic carbocycles. The van der Waals surface area contributed by atoms with Crippen molar-refractivity contribution in [1.82, 2.24) is 4.90 Å². The molecule has 2 N–H and O–H groups in total. The Morgan fingerprint density at radius 1 is 1.30 bits per heavy atom. The molecular weight excluding hydrogens is 388 g/mol. The summed E-state index contributed by atoms with van der Waals surface area (Å²) in [6, 6.07) is 10.8. The van der Waals surface area contributed by atoms with Gasteiger partial charge in [-0.2, -0.15) is 0 Å². The Morgan fingerprint density at radius 3 is 2.78 bits per heavy atom. The second-order valence-corrected chi connectivity index (χ2v) is 7.06. The van der Waals surface area contributed by atoms with Gasteiger partial charge < -0.3 is 10.2 Å². The highest BCUT2D eigenvalue weighted by molar-refractivity contribution is 8.18. The lowest BCUT2D eigenvalue weighted by Gasteiger charge is -2.12. The number of carboxylic acid groups (broad SMARTS) is 1. The molecule has 0 atom stereocenters. The predicted molar refractivity (Wildman–Crippen MR) is 107 cm³/mol. The molecule has 1 aliphatic rings. The van der Waals surface area contributed by atoms with Gasteiger partial charge in [-0.25, -0.2) is 9.79 Å². The van der Waals surface area contributed by atoms with Crippen LogP contribution in [0.3, 0.4) is 0 Å². The molecule has 0 unspecified atom stereocenters. The number of phenolic OH excluding ortho intramolecular Hbond substituents is 1. The number of amides is 1. The molecular formula is C19H15ClN2O4S. The number of rotatable bonds is 4. The fraction of sp³-hybridized carbons (Fsp3) is 0.105. The van der Waals surface area contributed by atoms with Gasteiger partial charge in [0.05, 0.1) is 16.2 Å². The number of thioether (sulfide) groups is 1. The van der Waals surface area contributed by atoms with Crippen LogP contribution in [0.5, 0.6) is 5.75 Å². The number of amidine groups is 1. The van der Waals surface area contributed by atoms with Crippen molar-refractivity contribution in [3.8, 4) is 5.75 Å². The summed E-state index contributed by atoms with van der Waals surface area (Å²) in [7, 11) is 0. The van der Waals surface area contributed by atoms with Crippen molar-refractivity contribution in [2.45, 2.75) is 6.92 Å². The number of benzene rings is 2. The second-order valence-electron chi connectivity index (χ2n) is 5.61. The molecule has 0 aliphatic carbocycles. The Kier molecular flexibility index (Phi) is 5.53. The third kappa shape index (κ3) is 4.15. The molecule has 6 nitrogen and oxygen atoms in total. The van der Waals surface area contributed by atoms with E-state index in [0.29, 0.717) is 32.9 Å². The minimum absolute atomic E-state index is 0.0166. The molecule has 1 aliphatic heterocycles. The third-order valence-corrected chi connectivity index (χ3v) is 5.04. The van der Waals surface area contributed by atoms with Gasteiger partial charge in [0.1, 0.15) is 5.75 Å². The lowest BCUT2D eigenvalue weighted by molar-refractivity contribution is -0.122. The van der Waals surface area contributed by atoms with Gasteiger partial charge in [-0.05, 0) is 61.2 Å². The van der Waals surface area contributed by atoms with Crippen LogP contribution in [0, 0.1) is 0 Å². The number of hydrogen-bond donors (Lipinski definition) is 2. The van der Waals surface area contributed by atoms with E-state index >= 15 is 0 Å². The van der Waals surface area contributed by atoms with E-state index in [1.165, 1.54) is 23.1 Å². The van der Waals surface area contributed by atoms with Gasteiger partial charge >= 0.3 is 5.97 Å². The fourth-order valence-electron chi connectivity index (χ4n) is 2.47. The van der Waals surface area contributed by atoms with E-state index in [0.717, 1.165) is 11.8 Å². The van der Waals surface area contributed by atoms with Crippen LogP contribution in [0.25, 0.3) is 6.08 Å². The molecule has 3 rings (SSSR count). The van der Waals surface area contributed by atoms with Crippen LogP contribution >= 0.6 is 23.4 Å². The van der Waals surface area contributed by atoms with Crippen LogP contribution in [0.1, 0.15) is 22.8 Å². The first-order valence-corrected chi connectivity index (χ1v) is 9.20. The lowest BCUT2D eigenvalue weighted by atomic mass is 10.2. The summed E-state index contributed by atoms with van der Waals surface area (Å²) < 4.78 is 0. The molecule has 2 aromatic rings. The summed E-state index contributed by atoms with van der Waals surface area (Å²) in [6.07, 6.45) is 1.56. The second kappa shape index (κ2) is 7.85. The number of carbonyl (C=O) groups excluding carboxylic acids is 1. The number of aromatic carboxylic acids is 1. The Morgan fingerprint density at radius 2 is 2.07 bits per heavy atom. The Balaban J connectivity index is 1.97.